The highest BCUT2D eigenvalue weighted by atomic mass is 19.1. The highest BCUT2D eigenvalue weighted by Crippen LogP contribution is 2.16. The highest BCUT2D eigenvalue weighted by Gasteiger charge is 2.20. The molecule has 0 saturated heterocycles. The van der Waals surface area contributed by atoms with Gasteiger partial charge in [-0.25, -0.2) is 9.18 Å². The van der Waals surface area contributed by atoms with Crippen LogP contribution in [0.4, 0.5) is 15.8 Å². The van der Waals surface area contributed by atoms with Gasteiger partial charge < -0.3 is 15.8 Å². The minimum absolute atomic E-state index is 0.0214. The molecule has 3 N–H and O–H groups in total. The molecule has 2 aromatic rings. The maximum absolute atomic E-state index is 13.0. The number of amides is 1. The minimum atomic E-state index is -1.09. The lowest BCUT2D eigenvalue weighted by Crippen LogP contribution is -2.30. The van der Waals surface area contributed by atoms with Crippen molar-refractivity contribution in [2.75, 3.05) is 11.1 Å². The maximum atomic E-state index is 13.0. The van der Waals surface area contributed by atoms with E-state index in [2.05, 4.69) is 5.32 Å². The number of esters is 1. The third kappa shape index (κ3) is 4.63. The van der Waals surface area contributed by atoms with E-state index in [1.807, 2.05) is 0 Å². The van der Waals surface area contributed by atoms with Crippen molar-refractivity contribution < 1.29 is 23.5 Å². The van der Waals surface area contributed by atoms with Crippen molar-refractivity contribution in [2.24, 2.45) is 0 Å². The van der Waals surface area contributed by atoms with E-state index in [0.29, 0.717) is 11.3 Å². The summed E-state index contributed by atoms with van der Waals surface area (Å²) >= 11 is 0. The third-order valence-electron chi connectivity index (χ3n) is 3.45. The topological polar surface area (TPSA) is 98.5 Å². The number of Topliss-reactive ketones (excluding diaryl/α,β-unsaturated/α-hetero) is 1. The van der Waals surface area contributed by atoms with Crippen LogP contribution in [0.3, 0.4) is 0 Å². The molecule has 0 aliphatic heterocycles. The van der Waals surface area contributed by atoms with Gasteiger partial charge in [-0.2, -0.15) is 0 Å². The molecule has 1 unspecified atom stereocenters. The molecule has 0 aliphatic rings. The van der Waals surface area contributed by atoms with Gasteiger partial charge in [-0.15, -0.1) is 0 Å². The van der Waals surface area contributed by atoms with Gasteiger partial charge in [0.1, 0.15) is 5.82 Å². The summed E-state index contributed by atoms with van der Waals surface area (Å²) in [4.78, 5) is 35.3. The monoisotopic (exact) mass is 344 g/mol. The number of hydrogen-bond acceptors (Lipinski definition) is 5. The van der Waals surface area contributed by atoms with Crippen molar-refractivity contribution in [3.05, 3.63) is 59.4 Å². The van der Waals surface area contributed by atoms with Crippen molar-refractivity contribution in [3.8, 4) is 0 Å². The molecule has 130 valence electrons. The first-order valence-corrected chi connectivity index (χ1v) is 7.46. The van der Waals surface area contributed by atoms with E-state index in [1.54, 1.807) is 24.3 Å². The maximum Gasteiger partial charge on any atom is 0.341 e. The van der Waals surface area contributed by atoms with E-state index in [9.17, 15) is 18.8 Å². The number of ether oxygens (including phenoxy) is 1. The molecule has 7 heteroatoms. The summed E-state index contributed by atoms with van der Waals surface area (Å²) in [6.45, 7) is 2.84. The first-order chi connectivity index (χ1) is 11.8. The quantitative estimate of drug-likeness (QED) is 0.494. The van der Waals surface area contributed by atoms with Crippen LogP contribution in [0.25, 0.3) is 0 Å². The van der Waals surface area contributed by atoms with E-state index < -0.39 is 23.8 Å². The average molecular weight is 344 g/mol. The fourth-order valence-corrected chi connectivity index (χ4v) is 2.03. The Hall–Kier alpha value is -3.22. The molecule has 25 heavy (non-hydrogen) atoms. The molecular formula is C18H17FN2O4. The third-order valence-corrected chi connectivity index (χ3v) is 3.45. The van der Waals surface area contributed by atoms with E-state index in [0.717, 1.165) is 12.1 Å². The van der Waals surface area contributed by atoms with E-state index in [-0.39, 0.29) is 17.0 Å². The number of halogens is 1. The standard InChI is InChI=1S/C18H17FN2O4/c1-10(22)12-3-6-14(7-4-12)21-17(23)11(2)25-18(24)15-8-5-13(19)9-16(15)20/h3-9,11H,20H2,1-2H3,(H,21,23). The Bertz CT molecular complexity index is 818. The molecule has 0 fully saturated rings. The van der Waals surface area contributed by atoms with Gasteiger partial charge in [-0.05, 0) is 56.3 Å². The summed E-state index contributed by atoms with van der Waals surface area (Å²) in [5.74, 6) is -2.04. The van der Waals surface area contributed by atoms with Gasteiger partial charge >= 0.3 is 5.97 Å². The van der Waals surface area contributed by atoms with Crippen LogP contribution < -0.4 is 11.1 Å². The molecule has 0 bridgehead atoms. The lowest BCUT2D eigenvalue weighted by Gasteiger charge is -2.14. The zero-order chi connectivity index (χ0) is 18.6. The number of nitrogen functional groups attached to an aromatic ring is 1. The normalized spacial score (nSPS) is 11.5. The lowest BCUT2D eigenvalue weighted by atomic mass is 10.1. The number of carbonyl (C=O) groups is 3. The number of carbonyl (C=O) groups excluding carboxylic acids is 3. The largest absolute Gasteiger partial charge is 0.449 e. The van der Waals surface area contributed by atoms with Crippen LogP contribution in [-0.2, 0) is 9.53 Å². The van der Waals surface area contributed by atoms with Gasteiger partial charge in [-0.1, -0.05) is 0 Å². The van der Waals surface area contributed by atoms with Crippen molar-refractivity contribution in [2.45, 2.75) is 20.0 Å². The number of rotatable bonds is 5. The summed E-state index contributed by atoms with van der Waals surface area (Å²) in [6.07, 6.45) is -1.09. The first kappa shape index (κ1) is 18.1. The van der Waals surface area contributed by atoms with Crippen LogP contribution in [-0.4, -0.2) is 23.8 Å². The van der Waals surface area contributed by atoms with Gasteiger partial charge in [0, 0.05) is 16.9 Å². The summed E-state index contributed by atoms with van der Waals surface area (Å²) in [5, 5.41) is 2.57. The second-order valence-corrected chi connectivity index (χ2v) is 5.40. The van der Waals surface area contributed by atoms with Gasteiger partial charge in [0.15, 0.2) is 11.9 Å². The molecule has 2 aromatic carbocycles. The number of ketones is 1. The number of anilines is 2. The Morgan fingerprint density at radius 1 is 1.12 bits per heavy atom. The summed E-state index contributed by atoms with van der Waals surface area (Å²) in [5.41, 5.74) is 6.45. The Morgan fingerprint density at radius 3 is 2.32 bits per heavy atom. The zero-order valence-electron chi connectivity index (χ0n) is 13.7. The number of nitrogens with two attached hydrogens (primary N) is 1. The predicted molar refractivity (Wildman–Crippen MR) is 90.8 cm³/mol. The molecule has 0 aromatic heterocycles. The lowest BCUT2D eigenvalue weighted by molar-refractivity contribution is -0.123. The molecule has 0 aliphatic carbocycles. The number of nitrogens with one attached hydrogen (secondary N) is 1. The molecule has 0 spiro atoms. The Balaban J connectivity index is 1.99. The summed E-state index contributed by atoms with van der Waals surface area (Å²) < 4.78 is 18.1. The van der Waals surface area contributed by atoms with Gasteiger partial charge in [0.05, 0.1) is 5.56 Å². The van der Waals surface area contributed by atoms with Crippen LogP contribution in [0.2, 0.25) is 0 Å². The number of benzene rings is 2. The smallest absolute Gasteiger partial charge is 0.341 e. The number of hydrogen-bond donors (Lipinski definition) is 2. The summed E-state index contributed by atoms with van der Waals surface area (Å²) in [7, 11) is 0. The first-order valence-electron chi connectivity index (χ1n) is 7.46. The van der Waals surface area contributed by atoms with Crippen molar-refractivity contribution in [1.82, 2.24) is 0 Å². The molecule has 1 atom stereocenters. The van der Waals surface area contributed by atoms with Crippen LogP contribution in [0.15, 0.2) is 42.5 Å². The molecule has 0 saturated carbocycles. The summed E-state index contributed by atoms with van der Waals surface area (Å²) in [6, 6.07) is 9.56. The minimum Gasteiger partial charge on any atom is -0.449 e. The van der Waals surface area contributed by atoms with Gasteiger partial charge in [-0.3, -0.25) is 9.59 Å². The second kappa shape index (κ2) is 7.57. The molecular weight excluding hydrogens is 327 g/mol. The van der Waals surface area contributed by atoms with Crippen LogP contribution in [0.1, 0.15) is 34.6 Å². The molecule has 0 heterocycles. The second-order valence-electron chi connectivity index (χ2n) is 5.40. The highest BCUT2D eigenvalue weighted by molar-refractivity contribution is 6.00. The molecule has 2 rings (SSSR count). The molecule has 0 radical (unpaired) electrons. The Labute approximate surface area is 143 Å². The SMILES string of the molecule is CC(=O)c1ccc(NC(=O)C(C)OC(=O)c2ccc(F)cc2N)cc1. The Morgan fingerprint density at radius 2 is 1.76 bits per heavy atom. The Kier molecular flexibility index (Phi) is 5.49. The van der Waals surface area contributed by atoms with Gasteiger partial charge in [0.2, 0.25) is 0 Å². The van der Waals surface area contributed by atoms with E-state index >= 15 is 0 Å². The van der Waals surface area contributed by atoms with E-state index in [4.69, 9.17) is 10.5 Å². The van der Waals surface area contributed by atoms with Gasteiger partial charge in [0.25, 0.3) is 5.91 Å². The van der Waals surface area contributed by atoms with Crippen molar-refractivity contribution in [1.29, 1.82) is 0 Å². The van der Waals surface area contributed by atoms with Crippen LogP contribution >= 0.6 is 0 Å². The average Bonchev–Trinajstić information content (AvgIpc) is 2.55. The fourth-order valence-electron chi connectivity index (χ4n) is 2.03. The van der Waals surface area contributed by atoms with E-state index in [1.165, 1.54) is 19.9 Å². The van der Waals surface area contributed by atoms with Crippen LogP contribution in [0.5, 0.6) is 0 Å². The fraction of sp³-hybridized carbons (Fsp3) is 0.167. The predicted octanol–water partition coefficient (Wildman–Crippen LogP) is 2.79. The van der Waals surface area contributed by atoms with Crippen LogP contribution in [0, 0.1) is 5.82 Å². The molecule has 1 amide bonds. The zero-order valence-corrected chi connectivity index (χ0v) is 13.7. The molecule has 6 nitrogen and oxygen atoms in total. The van der Waals surface area contributed by atoms with Crippen molar-refractivity contribution in [3.63, 3.8) is 0 Å². The van der Waals surface area contributed by atoms with Crippen molar-refractivity contribution >= 4 is 29.0 Å².